The van der Waals surface area contributed by atoms with Gasteiger partial charge in [0.1, 0.15) is 6.04 Å². The van der Waals surface area contributed by atoms with Crippen LogP contribution in [-0.4, -0.2) is 36.9 Å². The molecule has 26 heavy (non-hydrogen) atoms. The molecule has 0 fully saturated rings. The van der Waals surface area contributed by atoms with Crippen molar-refractivity contribution in [2.75, 3.05) is 13.1 Å². The molecule has 1 atom stereocenters. The van der Waals surface area contributed by atoms with Crippen molar-refractivity contribution in [3.05, 3.63) is 0 Å². The SMILES string of the molecule is C#CCCNC(=O)[C@H](CCCCNC(=O)CCC#C)NC(=O)CCC#C. The average molecular weight is 357 g/mol. The highest BCUT2D eigenvalue weighted by Gasteiger charge is 2.19. The quantitative estimate of drug-likeness (QED) is 0.335. The van der Waals surface area contributed by atoms with Crippen molar-refractivity contribution in [3.8, 4) is 37.0 Å². The van der Waals surface area contributed by atoms with Crippen molar-refractivity contribution in [3.63, 3.8) is 0 Å². The smallest absolute Gasteiger partial charge is 0.242 e. The second-order valence-corrected chi connectivity index (χ2v) is 5.62. The predicted molar refractivity (Wildman–Crippen MR) is 101 cm³/mol. The van der Waals surface area contributed by atoms with Crippen LogP contribution in [0.15, 0.2) is 0 Å². The van der Waals surface area contributed by atoms with Crippen LogP contribution in [0.2, 0.25) is 0 Å². The topological polar surface area (TPSA) is 87.3 Å². The van der Waals surface area contributed by atoms with Crippen molar-refractivity contribution < 1.29 is 14.4 Å². The van der Waals surface area contributed by atoms with Gasteiger partial charge in [0.05, 0.1) is 0 Å². The summed E-state index contributed by atoms with van der Waals surface area (Å²) in [6.45, 7) is 0.858. The number of hydrogen-bond acceptors (Lipinski definition) is 3. The lowest BCUT2D eigenvalue weighted by molar-refractivity contribution is -0.129. The summed E-state index contributed by atoms with van der Waals surface area (Å²) in [6, 6.07) is -0.643. The monoisotopic (exact) mass is 357 g/mol. The molecule has 0 bridgehead atoms. The number of rotatable bonds is 13. The van der Waals surface area contributed by atoms with Gasteiger partial charge < -0.3 is 16.0 Å². The minimum Gasteiger partial charge on any atom is -0.356 e. The average Bonchev–Trinajstić information content (AvgIpc) is 2.63. The molecule has 0 aromatic rings. The van der Waals surface area contributed by atoms with Crippen LogP contribution in [0, 0.1) is 37.0 Å². The molecule has 0 heterocycles. The zero-order valence-electron chi connectivity index (χ0n) is 15.1. The summed E-state index contributed by atoms with van der Waals surface area (Å²) in [5, 5.41) is 8.17. The highest BCUT2D eigenvalue weighted by Crippen LogP contribution is 2.03. The third-order valence-corrected chi connectivity index (χ3v) is 3.45. The van der Waals surface area contributed by atoms with Crippen molar-refractivity contribution in [2.24, 2.45) is 0 Å². The van der Waals surface area contributed by atoms with Gasteiger partial charge in [0.15, 0.2) is 0 Å². The van der Waals surface area contributed by atoms with Gasteiger partial charge in [-0.2, -0.15) is 0 Å². The van der Waals surface area contributed by atoms with Crippen LogP contribution in [0.1, 0.15) is 51.4 Å². The minimum absolute atomic E-state index is 0.0888. The molecule has 0 saturated carbocycles. The first kappa shape index (κ1) is 23.1. The number of unbranched alkanes of at least 4 members (excludes halogenated alkanes) is 1. The number of carbonyl (C=O) groups is 3. The fourth-order valence-electron chi connectivity index (χ4n) is 2.08. The highest BCUT2D eigenvalue weighted by molar-refractivity contribution is 5.87. The standard InChI is InChI=1S/C20H27N3O3/c1-4-7-13-18(24)21-16-11-10-12-17(20(26)22-15-9-6-3)23-19(25)14-8-5-2/h1-3,17H,7-16H2,(H,21,24)(H,22,26)(H,23,25)/t17-/m0/s1. The number of terminal acetylenes is 3. The van der Waals surface area contributed by atoms with E-state index < -0.39 is 6.04 Å². The molecule has 0 saturated heterocycles. The van der Waals surface area contributed by atoms with Gasteiger partial charge >= 0.3 is 0 Å². The molecule has 3 N–H and O–H groups in total. The summed E-state index contributed by atoms with van der Waals surface area (Å²) in [4.78, 5) is 35.5. The van der Waals surface area contributed by atoms with E-state index in [9.17, 15) is 14.4 Å². The third kappa shape index (κ3) is 12.5. The molecule has 0 spiro atoms. The van der Waals surface area contributed by atoms with Crippen LogP contribution in [-0.2, 0) is 14.4 Å². The molecule has 0 rings (SSSR count). The largest absolute Gasteiger partial charge is 0.356 e. The summed E-state index contributed by atoms with van der Waals surface area (Å²) >= 11 is 0. The summed E-state index contributed by atoms with van der Waals surface area (Å²) < 4.78 is 0. The van der Waals surface area contributed by atoms with E-state index in [-0.39, 0.29) is 24.1 Å². The first-order valence-electron chi connectivity index (χ1n) is 8.69. The maximum Gasteiger partial charge on any atom is 0.242 e. The lowest BCUT2D eigenvalue weighted by atomic mass is 10.1. The third-order valence-electron chi connectivity index (χ3n) is 3.45. The Balaban J connectivity index is 4.30. The summed E-state index contributed by atoms with van der Waals surface area (Å²) in [5.41, 5.74) is 0. The summed E-state index contributed by atoms with van der Waals surface area (Å²) in [6.07, 6.45) is 18.9. The molecule has 3 amide bonds. The molecule has 0 aliphatic rings. The van der Waals surface area contributed by atoms with E-state index in [1.54, 1.807) is 0 Å². The number of nitrogens with one attached hydrogen (secondary N) is 3. The van der Waals surface area contributed by atoms with Gasteiger partial charge in [-0.25, -0.2) is 0 Å². The number of amides is 3. The lowest BCUT2D eigenvalue weighted by Gasteiger charge is -2.18. The molecule has 0 radical (unpaired) electrons. The minimum atomic E-state index is -0.643. The van der Waals surface area contributed by atoms with Crippen LogP contribution in [0.5, 0.6) is 0 Å². The van der Waals surface area contributed by atoms with Gasteiger partial charge in [-0.3, -0.25) is 14.4 Å². The van der Waals surface area contributed by atoms with Gasteiger partial charge in [-0.15, -0.1) is 37.0 Å². The van der Waals surface area contributed by atoms with E-state index in [1.165, 1.54) is 0 Å². The fourth-order valence-corrected chi connectivity index (χ4v) is 2.08. The Morgan fingerprint density at radius 3 is 2.00 bits per heavy atom. The van der Waals surface area contributed by atoms with Crippen LogP contribution < -0.4 is 16.0 Å². The van der Waals surface area contributed by atoms with Gasteiger partial charge in [0, 0.05) is 45.2 Å². The molecule has 0 aromatic carbocycles. The Morgan fingerprint density at radius 1 is 0.769 bits per heavy atom. The van der Waals surface area contributed by atoms with E-state index in [2.05, 4.69) is 33.7 Å². The summed E-state index contributed by atoms with van der Waals surface area (Å²) in [7, 11) is 0. The molecule has 6 nitrogen and oxygen atoms in total. The van der Waals surface area contributed by atoms with Crippen molar-refractivity contribution in [2.45, 2.75) is 57.4 Å². The van der Waals surface area contributed by atoms with Crippen molar-refractivity contribution in [1.82, 2.24) is 16.0 Å². The van der Waals surface area contributed by atoms with Gasteiger partial charge in [0.25, 0.3) is 0 Å². The van der Waals surface area contributed by atoms with Gasteiger partial charge in [-0.1, -0.05) is 0 Å². The van der Waals surface area contributed by atoms with Crippen LogP contribution in [0.25, 0.3) is 0 Å². The molecule has 0 aliphatic carbocycles. The molecule has 6 heteroatoms. The first-order chi connectivity index (χ1) is 12.5. The van der Waals surface area contributed by atoms with E-state index in [0.29, 0.717) is 58.0 Å². The number of hydrogen-bond donors (Lipinski definition) is 3. The molecular weight excluding hydrogens is 330 g/mol. The van der Waals surface area contributed by atoms with Crippen LogP contribution in [0.4, 0.5) is 0 Å². The highest BCUT2D eigenvalue weighted by atomic mass is 16.2. The summed E-state index contributed by atoms with van der Waals surface area (Å²) in [5.74, 6) is 6.62. The van der Waals surface area contributed by atoms with Gasteiger partial charge in [0.2, 0.25) is 17.7 Å². The Kier molecular flexibility index (Phi) is 13.9. The normalized spacial score (nSPS) is 10.5. The molecule has 0 aromatic heterocycles. The zero-order valence-corrected chi connectivity index (χ0v) is 15.1. The fraction of sp³-hybridized carbons (Fsp3) is 0.550. The van der Waals surface area contributed by atoms with Crippen LogP contribution >= 0.6 is 0 Å². The van der Waals surface area contributed by atoms with E-state index in [0.717, 1.165) is 0 Å². The lowest BCUT2D eigenvalue weighted by Crippen LogP contribution is -2.47. The van der Waals surface area contributed by atoms with E-state index >= 15 is 0 Å². The number of carbonyl (C=O) groups excluding carboxylic acids is 3. The maximum atomic E-state index is 12.2. The predicted octanol–water partition coefficient (Wildman–Crippen LogP) is 0.724. The van der Waals surface area contributed by atoms with Gasteiger partial charge in [-0.05, 0) is 19.3 Å². The Bertz CT molecular complexity index is 579. The second-order valence-electron chi connectivity index (χ2n) is 5.62. The van der Waals surface area contributed by atoms with Crippen LogP contribution in [0.3, 0.4) is 0 Å². The molecular formula is C20H27N3O3. The maximum absolute atomic E-state index is 12.2. The van der Waals surface area contributed by atoms with Crippen molar-refractivity contribution >= 4 is 17.7 Å². The molecule has 0 unspecified atom stereocenters. The van der Waals surface area contributed by atoms with E-state index in [1.807, 2.05) is 0 Å². The first-order valence-corrected chi connectivity index (χ1v) is 8.69. The Morgan fingerprint density at radius 2 is 1.38 bits per heavy atom. The zero-order chi connectivity index (χ0) is 19.6. The second kappa shape index (κ2) is 15.6. The Labute approximate surface area is 156 Å². The molecule has 140 valence electrons. The van der Waals surface area contributed by atoms with Crippen molar-refractivity contribution in [1.29, 1.82) is 0 Å². The molecule has 0 aliphatic heterocycles. The van der Waals surface area contributed by atoms with E-state index in [4.69, 9.17) is 19.3 Å². The Hall–Kier alpha value is -2.91.